The van der Waals surface area contributed by atoms with Crippen LogP contribution < -0.4 is 0 Å². The van der Waals surface area contributed by atoms with Crippen LogP contribution in [0, 0.1) is 11.6 Å². The lowest BCUT2D eigenvalue weighted by Gasteiger charge is -2.05. The van der Waals surface area contributed by atoms with Gasteiger partial charge in [-0.25, -0.2) is 13.2 Å². The van der Waals surface area contributed by atoms with Crippen LogP contribution in [0.5, 0.6) is 0 Å². The molecule has 1 unspecified atom stereocenters. The minimum atomic E-state index is -1.79. The Morgan fingerprint density at radius 1 is 1.33 bits per heavy atom. The Morgan fingerprint density at radius 3 is 2.50 bits per heavy atom. The molecule has 0 radical (unpaired) electrons. The van der Waals surface area contributed by atoms with E-state index in [9.17, 15) is 13.2 Å². The van der Waals surface area contributed by atoms with Crippen LogP contribution in [0.3, 0.4) is 0 Å². The highest BCUT2D eigenvalue weighted by Gasteiger charge is 2.13. The maximum atomic E-state index is 12.7. The first-order valence-electron chi connectivity index (χ1n) is 3.35. The fourth-order valence-corrected chi connectivity index (χ4v) is 0.854. The van der Waals surface area contributed by atoms with Crippen molar-refractivity contribution >= 4 is 0 Å². The van der Waals surface area contributed by atoms with Gasteiger partial charge in [-0.3, -0.25) is 0 Å². The first-order valence-corrected chi connectivity index (χ1v) is 3.35. The molecule has 1 aromatic rings. The summed E-state index contributed by atoms with van der Waals surface area (Å²) >= 11 is 0. The average Bonchev–Trinajstić information content (AvgIpc) is 2.03. The van der Waals surface area contributed by atoms with Gasteiger partial charge in [0, 0.05) is 11.6 Å². The molecule has 1 rings (SSSR count). The molecule has 66 valence electrons. The number of alkyl halides is 1. The van der Waals surface area contributed by atoms with Crippen LogP contribution in [0.25, 0.3) is 0 Å². The maximum absolute atomic E-state index is 12.7. The molecule has 0 saturated heterocycles. The second kappa shape index (κ2) is 3.58. The van der Waals surface area contributed by atoms with Gasteiger partial charge in [0.2, 0.25) is 0 Å². The molecule has 0 heterocycles. The SMILES string of the molecule is OCC(F)c1ccc(F)cc1F. The van der Waals surface area contributed by atoms with Crippen LogP contribution >= 0.6 is 0 Å². The zero-order valence-electron chi connectivity index (χ0n) is 6.10. The zero-order valence-corrected chi connectivity index (χ0v) is 6.10. The van der Waals surface area contributed by atoms with Crippen molar-refractivity contribution in [1.29, 1.82) is 0 Å². The minimum absolute atomic E-state index is 0.320. The van der Waals surface area contributed by atoms with E-state index in [2.05, 4.69) is 0 Å². The van der Waals surface area contributed by atoms with E-state index in [-0.39, 0.29) is 5.56 Å². The highest BCUT2D eigenvalue weighted by molar-refractivity contribution is 5.20. The Labute approximate surface area is 67.5 Å². The molecule has 0 aliphatic heterocycles. The third-order valence-electron chi connectivity index (χ3n) is 1.46. The van der Waals surface area contributed by atoms with Gasteiger partial charge < -0.3 is 5.11 Å². The van der Waals surface area contributed by atoms with Crippen molar-refractivity contribution in [3.63, 3.8) is 0 Å². The van der Waals surface area contributed by atoms with Crippen molar-refractivity contribution in [3.05, 3.63) is 35.4 Å². The Kier molecular flexibility index (Phi) is 2.70. The fourth-order valence-electron chi connectivity index (χ4n) is 0.854. The molecule has 4 heteroatoms. The molecular formula is C8H7F3O. The minimum Gasteiger partial charge on any atom is -0.393 e. The van der Waals surface area contributed by atoms with Gasteiger partial charge in [0.1, 0.15) is 11.6 Å². The van der Waals surface area contributed by atoms with Gasteiger partial charge in [-0.2, -0.15) is 0 Å². The normalized spacial score (nSPS) is 13.0. The van der Waals surface area contributed by atoms with E-state index >= 15 is 0 Å². The van der Waals surface area contributed by atoms with Crippen LogP contribution in [0.2, 0.25) is 0 Å². The molecule has 0 aromatic heterocycles. The predicted octanol–water partition coefficient (Wildman–Crippen LogP) is 1.97. The van der Waals surface area contributed by atoms with Gasteiger partial charge in [-0.15, -0.1) is 0 Å². The van der Waals surface area contributed by atoms with Gasteiger partial charge in [-0.05, 0) is 6.07 Å². The average molecular weight is 176 g/mol. The van der Waals surface area contributed by atoms with Crippen molar-refractivity contribution in [2.75, 3.05) is 6.61 Å². The summed E-state index contributed by atoms with van der Waals surface area (Å²) in [5.41, 5.74) is -0.320. The van der Waals surface area contributed by atoms with Gasteiger partial charge in [0.25, 0.3) is 0 Å². The zero-order chi connectivity index (χ0) is 9.14. The number of hydrogen-bond acceptors (Lipinski definition) is 1. The van der Waals surface area contributed by atoms with E-state index in [1.165, 1.54) is 0 Å². The fraction of sp³-hybridized carbons (Fsp3) is 0.250. The number of rotatable bonds is 2. The molecular weight excluding hydrogens is 169 g/mol. The molecule has 0 amide bonds. The molecule has 12 heavy (non-hydrogen) atoms. The molecule has 0 saturated carbocycles. The Morgan fingerprint density at radius 2 is 2.00 bits per heavy atom. The number of aliphatic hydroxyl groups excluding tert-OH is 1. The van der Waals surface area contributed by atoms with E-state index in [0.29, 0.717) is 6.07 Å². The standard InChI is InChI=1S/C8H7F3O/c9-5-1-2-6(7(10)3-5)8(11)4-12/h1-3,8,12H,4H2. The van der Waals surface area contributed by atoms with E-state index in [1.807, 2.05) is 0 Å². The summed E-state index contributed by atoms with van der Waals surface area (Å²) in [6.45, 7) is -0.803. The van der Waals surface area contributed by atoms with E-state index in [4.69, 9.17) is 5.11 Å². The van der Waals surface area contributed by atoms with Crippen LogP contribution in [-0.4, -0.2) is 11.7 Å². The lowest BCUT2D eigenvalue weighted by Crippen LogP contribution is -2.00. The summed E-state index contributed by atoms with van der Waals surface area (Å²) in [6, 6.07) is 2.50. The molecule has 0 aliphatic rings. The topological polar surface area (TPSA) is 20.2 Å². The van der Waals surface area contributed by atoms with Crippen LogP contribution in [0.15, 0.2) is 18.2 Å². The first-order chi connectivity index (χ1) is 5.65. The number of aliphatic hydroxyl groups is 1. The lowest BCUT2D eigenvalue weighted by molar-refractivity contribution is 0.176. The summed E-state index contributed by atoms with van der Waals surface area (Å²) in [4.78, 5) is 0. The van der Waals surface area contributed by atoms with Gasteiger partial charge in [0.15, 0.2) is 6.17 Å². The Hall–Kier alpha value is -1.03. The van der Waals surface area contributed by atoms with Crippen LogP contribution in [-0.2, 0) is 0 Å². The summed E-state index contributed by atoms with van der Waals surface area (Å²) < 4.78 is 37.6. The molecule has 0 aliphatic carbocycles. The largest absolute Gasteiger partial charge is 0.393 e. The van der Waals surface area contributed by atoms with E-state index in [0.717, 1.165) is 12.1 Å². The van der Waals surface area contributed by atoms with Gasteiger partial charge in [0.05, 0.1) is 6.61 Å². The van der Waals surface area contributed by atoms with Gasteiger partial charge >= 0.3 is 0 Å². The van der Waals surface area contributed by atoms with Crippen molar-refractivity contribution in [2.24, 2.45) is 0 Å². The second-order valence-electron chi connectivity index (χ2n) is 2.32. The molecule has 0 spiro atoms. The summed E-state index contributed by atoms with van der Waals surface area (Å²) in [7, 11) is 0. The van der Waals surface area contributed by atoms with E-state index < -0.39 is 24.4 Å². The maximum Gasteiger partial charge on any atom is 0.151 e. The molecule has 1 aromatic carbocycles. The highest BCUT2D eigenvalue weighted by atomic mass is 19.1. The molecule has 0 bridgehead atoms. The predicted molar refractivity (Wildman–Crippen MR) is 37.3 cm³/mol. The van der Waals surface area contributed by atoms with Crippen molar-refractivity contribution < 1.29 is 18.3 Å². The summed E-state index contributed by atoms with van der Waals surface area (Å²) in [5.74, 6) is -1.74. The van der Waals surface area contributed by atoms with E-state index in [1.54, 1.807) is 0 Å². The third-order valence-corrected chi connectivity index (χ3v) is 1.46. The third kappa shape index (κ3) is 1.76. The molecule has 1 N–H and O–H groups in total. The monoisotopic (exact) mass is 176 g/mol. The van der Waals surface area contributed by atoms with Crippen molar-refractivity contribution in [2.45, 2.75) is 6.17 Å². The Bertz CT molecular complexity index is 275. The number of benzene rings is 1. The molecule has 0 fully saturated rings. The molecule has 1 nitrogen and oxygen atoms in total. The summed E-state index contributed by atoms with van der Waals surface area (Å²) in [6.07, 6.45) is -1.79. The van der Waals surface area contributed by atoms with Crippen LogP contribution in [0.1, 0.15) is 11.7 Å². The molecule has 1 atom stereocenters. The number of hydrogen-bond donors (Lipinski definition) is 1. The smallest absolute Gasteiger partial charge is 0.151 e. The quantitative estimate of drug-likeness (QED) is 0.730. The first kappa shape index (κ1) is 9.06. The second-order valence-corrected chi connectivity index (χ2v) is 2.32. The highest BCUT2D eigenvalue weighted by Crippen LogP contribution is 2.20. The van der Waals surface area contributed by atoms with Crippen LogP contribution in [0.4, 0.5) is 13.2 Å². The summed E-state index contributed by atoms with van der Waals surface area (Å²) in [5, 5.41) is 8.35. The van der Waals surface area contributed by atoms with Gasteiger partial charge in [-0.1, -0.05) is 6.07 Å². The Balaban J connectivity index is 3.01. The van der Waals surface area contributed by atoms with Crippen molar-refractivity contribution in [3.8, 4) is 0 Å². The number of halogens is 3. The van der Waals surface area contributed by atoms with Crippen molar-refractivity contribution in [1.82, 2.24) is 0 Å². The lowest BCUT2D eigenvalue weighted by atomic mass is 10.1.